The van der Waals surface area contributed by atoms with Crippen LogP contribution in [0.5, 0.6) is 0 Å². The number of fused-ring (bicyclic) bond motifs is 1. The fourth-order valence-corrected chi connectivity index (χ4v) is 2.35. The summed E-state index contributed by atoms with van der Waals surface area (Å²) in [7, 11) is 0. The van der Waals surface area contributed by atoms with Crippen molar-refractivity contribution >= 4 is 6.71 Å². The summed E-state index contributed by atoms with van der Waals surface area (Å²) >= 11 is 0. The molecule has 1 aromatic heterocycles. The monoisotopic (exact) mass is 239 g/mol. The van der Waals surface area contributed by atoms with Crippen LogP contribution >= 0.6 is 0 Å². The normalized spacial score (nSPS) is 14.1. The molecule has 18 heavy (non-hydrogen) atoms. The summed E-state index contributed by atoms with van der Waals surface area (Å²) in [6.07, 6.45) is 1.58. The molecule has 0 atom stereocenters. The maximum atomic E-state index is 13.2. The number of halogens is 1. The number of aromatic nitrogens is 2. The van der Waals surface area contributed by atoms with Gasteiger partial charge in [0.2, 0.25) is 0 Å². The quantitative estimate of drug-likeness (QED) is 0.716. The van der Waals surface area contributed by atoms with Crippen LogP contribution < -0.4 is 0 Å². The van der Waals surface area contributed by atoms with Crippen molar-refractivity contribution in [2.45, 2.75) is 19.2 Å². The highest BCUT2D eigenvalue weighted by atomic mass is 19.1. The highest BCUT2D eigenvalue weighted by Crippen LogP contribution is 2.23. The number of aryl methyl sites for hydroxylation is 1. The predicted octanol–water partition coefficient (Wildman–Crippen LogP) is 2.34. The van der Waals surface area contributed by atoms with Gasteiger partial charge in [-0.2, -0.15) is 5.10 Å². The van der Waals surface area contributed by atoms with Gasteiger partial charge in [0.05, 0.1) is 5.69 Å². The first-order chi connectivity index (χ1) is 8.76. The Morgan fingerprint density at radius 3 is 3.06 bits per heavy atom. The van der Waals surface area contributed by atoms with Crippen LogP contribution in [-0.2, 0) is 12.9 Å². The third-order valence-corrected chi connectivity index (χ3v) is 3.31. The van der Waals surface area contributed by atoms with E-state index in [1.165, 1.54) is 12.1 Å². The third kappa shape index (κ3) is 1.90. The zero-order valence-electron chi connectivity index (χ0n) is 9.81. The molecule has 0 N–H and O–H groups in total. The molecule has 3 nitrogen and oxygen atoms in total. The molecule has 3 rings (SSSR count). The second-order valence-electron chi connectivity index (χ2n) is 4.57. The fraction of sp³-hybridized carbons (Fsp3) is 0.231. The number of nitriles is 1. The molecule has 0 saturated heterocycles. The summed E-state index contributed by atoms with van der Waals surface area (Å²) in [6, 6.07) is 8.39. The molecule has 1 aromatic carbocycles. The van der Waals surface area contributed by atoms with Gasteiger partial charge in [0.25, 0.3) is 6.71 Å². The van der Waals surface area contributed by atoms with E-state index in [-0.39, 0.29) is 12.5 Å². The summed E-state index contributed by atoms with van der Waals surface area (Å²) in [5.41, 5.74) is 2.63. The van der Waals surface area contributed by atoms with E-state index < -0.39 is 0 Å². The second kappa shape index (κ2) is 4.30. The van der Waals surface area contributed by atoms with Crippen molar-refractivity contribution in [3.63, 3.8) is 0 Å². The van der Waals surface area contributed by atoms with Gasteiger partial charge in [-0.25, -0.2) is 9.65 Å². The van der Waals surface area contributed by atoms with Crippen molar-refractivity contribution in [2.24, 2.45) is 0 Å². The number of hydrogen-bond donors (Lipinski definition) is 0. The summed E-state index contributed by atoms with van der Waals surface area (Å²) in [4.78, 5) is 0. The topological polar surface area (TPSA) is 41.6 Å². The van der Waals surface area contributed by atoms with Gasteiger partial charge in [-0.1, -0.05) is 12.1 Å². The van der Waals surface area contributed by atoms with Crippen LogP contribution in [0.4, 0.5) is 4.39 Å². The van der Waals surface area contributed by atoms with E-state index in [0.717, 1.165) is 36.1 Å². The van der Waals surface area contributed by atoms with E-state index in [4.69, 9.17) is 5.26 Å². The maximum absolute atomic E-state index is 13.2. The Labute approximate surface area is 105 Å². The molecule has 0 fully saturated rings. The number of nitrogens with zero attached hydrogens (tertiary/aromatic N) is 3. The maximum Gasteiger partial charge on any atom is 0.275 e. The van der Waals surface area contributed by atoms with Crippen LogP contribution in [0.25, 0.3) is 11.3 Å². The van der Waals surface area contributed by atoms with Crippen LogP contribution in [0.3, 0.4) is 0 Å². The molecule has 2 aromatic rings. The first-order valence-corrected chi connectivity index (χ1v) is 5.98. The summed E-state index contributed by atoms with van der Waals surface area (Å²) in [5.74, 6) is 2.05. The van der Waals surface area contributed by atoms with Crippen LogP contribution in [0.1, 0.15) is 5.69 Å². The zero-order chi connectivity index (χ0) is 12.5. The smallest absolute Gasteiger partial charge is 0.270 e. The molecule has 0 bridgehead atoms. The highest BCUT2D eigenvalue weighted by Gasteiger charge is 2.23. The van der Waals surface area contributed by atoms with Gasteiger partial charge in [-0.3, -0.25) is 4.68 Å². The molecule has 0 spiro atoms. The standard InChI is InChI=1S/C13H11BFN3/c15-11-3-1-2-10(6-11)13-7-12-8-14(9-16)4-5-18(12)17-13/h1-3,6-7H,4-5,8H2. The molecule has 0 unspecified atom stereocenters. The lowest BCUT2D eigenvalue weighted by Crippen LogP contribution is -2.25. The van der Waals surface area contributed by atoms with Crippen molar-refractivity contribution in [3.05, 3.63) is 41.8 Å². The molecule has 5 heteroatoms. The van der Waals surface area contributed by atoms with E-state index >= 15 is 0 Å². The van der Waals surface area contributed by atoms with Gasteiger partial charge in [0.1, 0.15) is 5.82 Å². The van der Waals surface area contributed by atoms with Crippen molar-refractivity contribution < 1.29 is 4.39 Å². The lowest BCUT2D eigenvalue weighted by Gasteiger charge is -2.14. The predicted molar refractivity (Wildman–Crippen MR) is 67.5 cm³/mol. The number of rotatable bonds is 1. The van der Waals surface area contributed by atoms with Gasteiger partial charge >= 0.3 is 0 Å². The van der Waals surface area contributed by atoms with E-state index in [2.05, 4.69) is 11.1 Å². The summed E-state index contributed by atoms with van der Waals surface area (Å²) in [6.45, 7) is 0.845. The largest absolute Gasteiger partial charge is 0.275 e. The van der Waals surface area contributed by atoms with Crippen LogP contribution in [-0.4, -0.2) is 16.5 Å². The van der Waals surface area contributed by atoms with Gasteiger partial charge in [0.15, 0.2) is 0 Å². The molecule has 88 valence electrons. The van der Waals surface area contributed by atoms with Crippen molar-refractivity contribution in [2.75, 3.05) is 0 Å². The molecular weight excluding hydrogens is 228 g/mol. The Morgan fingerprint density at radius 1 is 1.39 bits per heavy atom. The van der Waals surface area contributed by atoms with E-state index in [0.29, 0.717) is 0 Å². The van der Waals surface area contributed by atoms with Crippen molar-refractivity contribution in [1.82, 2.24) is 9.78 Å². The Bertz CT molecular complexity index is 629. The Morgan fingerprint density at radius 2 is 2.28 bits per heavy atom. The molecule has 1 aliphatic rings. The number of hydrogen-bond acceptors (Lipinski definition) is 2. The number of benzene rings is 1. The lowest BCUT2D eigenvalue weighted by molar-refractivity contribution is 0.615. The minimum Gasteiger partial charge on any atom is -0.270 e. The molecule has 0 radical (unpaired) electrons. The Kier molecular flexibility index (Phi) is 2.64. The molecule has 0 saturated carbocycles. The summed E-state index contributed by atoms with van der Waals surface area (Å²) < 4.78 is 15.1. The second-order valence-corrected chi connectivity index (χ2v) is 4.57. The van der Waals surface area contributed by atoms with E-state index in [1.54, 1.807) is 6.07 Å². The fourth-order valence-electron chi connectivity index (χ4n) is 2.35. The van der Waals surface area contributed by atoms with Gasteiger partial charge in [0, 0.05) is 23.8 Å². The average molecular weight is 239 g/mol. The third-order valence-electron chi connectivity index (χ3n) is 3.31. The Hall–Kier alpha value is -2.09. The van der Waals surface area contributed by atoms with E-state index in [1.807, 2.05) is 16.8 Å². The highest BCUT2D eigenvalue weighted by molar-refractivity contribution is 6.66. The average Bonchev–Trinajstić information content (AvgIpc) is 2.81. The zero-order valence-corrected chi connectivity index (χ0v) is 9.81. The van der Waals surface area contributed by atoms with Crippen LogP contribution in [0.2, 0.25) is 6.32 Å². The van der Waals surface area contributed by atoms with Gasteiger partial charge < -0.3 is 0 Å². The minimum atomic E-state index is -0.256. The van der Waals surface area contributed by atoms with Gasteiger partial charge in [-0.05, 0) is 30.8 Å². The van der Waals surface area contributed by atoms with Crippen molar-refractivity contribution in [1.29, 1.82) is 5.26 Å². The first kappa shape index (κ1) is 11.0. The Balaban J connectivity index is 1.97. The summed E-state index contributed by atoms with van der Waals surface area (Å²) in [5, 5.41) is 13.4. The molecule has 0 aliphatic carbocycles. The van der Waals surface area contributed by atoms with Crippen LogP contribution in [0, 0.1) is 17.0 Å². The lowest BCUT2D eigenvalue weighted by atomic mass is 9.45. The molecule has 1 aliphatic heterocycles. The molecular formula is C13H11BFN3. The SMILES string of the molecule is N#CB1CCn2nc(-c3cccc(F)c3)cc2C1. The van der Waals surface area contributed by atoms with E-state index in [9.17, 15) is 4.39 Å². The first-order valence-electron chi connectivity index (χ1n) is 5.98. The van der Waals surface area contributed by atoms with Crippen LogP contribution in [0.15, 0.2) is 30.3 Å². The van der Waals surface area contributed by atoms with Gasteiger partial charge in [-0.15, -0.1) is 0 Å². The van der Waals surface area contributed by atoms with Crippen molar-refractivity contribution in [3.8, 4) is 17.2 Å². The molecule has 0 amide bonds. The minimum absolute atomic E-state index is 0.0783. The molecule has 2 heterocycles.